The highest BCUT2D eigenvalue weighted by Crippen LogP contribution is 2.38. The fraction of sp³-hybridized carbons (Fsp3) is 0.591. The van der Waals surface area contributed by atoms with Crippen molar-refractivity contribution in [1.29, 1.82) is 0 Å². The van der Waals surface area contributed by atoms with Gasteiger partial charge in [0.25, 0.3) is 5.91 Å². The van der Waals surface area contributed by atoms with E-state index >= 15 is 0 Å². The number of benzene rings is 1. The number of ether oxygens (including phenoxy) is 1. The molecule has 7 heteroatoms. The van der Waals surface area contributed by atoms with Crippen LogP contribution in [0.1, 0.15) is 51.0 Å². The Labute approximate surface area is 171 Å². The summed E-state index contributed by atoms with van der Waals surface area (Å²) >= 11 is 0. The average Bonchev–Trinajstić information content (AvgIpc) is 3.53. The summed E-state index contributed by atoms with van der Waals surface area (Å²) < 4.78 is 5.19. The first-order valence-electron chi connectivity index (χ1n) is 10.5. The standard InChI is InChI=1S/C22H29N3O4/c1-15-5-3-4-12-22(15)20(27)25(21(28)23-22)14-19(26)24(17-8-9-17)13-16-6-10-18(29-2)11-7-16/h6-7,10-11,15,17H,3-5,8-9,12-14H2,1-2H3,(H,23,28). The summed E-state index contributed by atoms with van der Waals surface area (Å²) in [6.07, 6.45) is 5.49. The molecule has 1 saturated heterocycles. The molecule has 3 fully saturated rings. The Morgan fingerprint density at radius 3 is 2.55 bits per heavy atom. The van der Waals surface area contributed by atoms with Gasteiger partial charge in [0, 0.05) is 12.6 Å². The lowest BCUT2D eigenvalue weighted by molar-refractivity contribution is -0.141. The molecule has 2 unspecified atom stereocenters. The van der Waals surface area contributed by atoms with Gasteiger partial charge in [0.2, 0.25) is 5.91 Å². The number of methoxy groups -OCH3 is 1. The number of hydrogen-bond acceptors (Lipinski definition) is 4. The van der Waals surface area contributed by atoms with Gasteiger partial charge in [0.15, 0.2) is 0 Å². The monoisotopic (exact) mass is 399 g/mol. The zero-order valence-electron chi connectivity index (χ0n) is 17.1. The number of hydrogen-bond donors (Lipinski definition) is 1. The largest absolute Gasteiger partial charge is 0.497 e. The molecule has 2 atom stereocenters. The Kier molecular flexibility index (Phi) is 5.23. The molecular formula is C22H29N3O4. The maximum absolute atomic E-state index is 13.1. The molecule has 1 N–H and O–H groups in total. The Morgan fingerprint density at radius 1 is 1.21 bits per heavy atom. The Morgan fingerprint density at radius 2 is 1.93 bits per heavy atom. The summed E-state index contributed by atoms with van der Waals surface area (Å²) in [7, 11) is 1.62. The number of amides is 4. The van der Waals surface area contributed by atoms with Gasteiger partial charge in [-0.1, -0.05) is 31.9 Å². The second-order valence-electron chi connectivity index (χ2n) is 8.54. The second kappa shape index (κ2) is 7.69. The third-order valence-electron chi connectivity index (χ3n) is 6.61. The summed E-state index contributed by atoms with van der Waals surface area (Å²) in [5.74, 6) is 0.450. The molecule has 1 aromatic carbocycles. The zero-order valence-corrected chi connectivity index (χ0v) is 17.1. The van der Waals surface area contributed by atoms with E-state index in [1.165, 1.54) is 0 Å². The summed E-state index contributed by atoms with van der Waals surface area (Å²) in [4.78, 5) is 41.7. The molecule has 1 aliphatic heterocycles. The van der Waals surface area contributed by atoms with E-state index in [-0.39, 0.29) is 30.3 Å². The van der Waals surface area contributed by atoms with Crippen LogP contribution in [0.25, 0.3) is 0 Å². The van der Waals surface area contributed by atoms with E-state index in [2.05, 4.69) is 5.32 Å². The van der Waals surface area contributed by atoms with Crippen LogP contribution >= 0.6 is 0 Å². The maximum atomic E-state index is 13.1. The fourth-order valence-electron chi connectivity index (χ4n) is 4.60. The van der Waals surface area contributed by atoms with Gasteiger partial charge in [-0.25, -0.2) is 4.79 Å². The molecule has 0 aromatic heterocycles. The summed E-state index contributed by atoms with van der Waals surface area (Å²) in [5.41, 5.74) is 0.177. The van der Waals surface area contributed by atoms with E-state index < -0.39 is 11.6 Å². The van der Waals surface area contributed by atoms with E-state index in [1.807, 2.05) is 31.2 Å². The number of nitrogens with one attached hydrogen (secondary N) is 1. The fourth-order valence-corrected chi connectivity index (χ4v) is 4.60. The van der Waals surface area contributed by atoms with E-state index in [0.29, 0.717) is 13.0 Å². The Balaban J connectivity index is 1.46. The second-order valence-corrected chi connectivity index (χ2v) is 8.54. The molecule has 1 heterocycles. The highest BCUT2D eigenvalue weighted by atomic mass is 16.5. The SMILES string of the molecule is COc1ccc(CN(C(=O)CN2C(=O)NC3(CCCCC3C)C2=O)C2CC2)cc1. The normalized spacial score (nSPS) is 26.6. The van der Waals surface area contributed by atoms with Gasteiger partial charge < -0.3 is 15.0 Å². The van der Waals surface area contributed by atoms with E-state index in [4.69, 9.17) is 4.74 Å². The van der Waals surface area contributed by atoms with Crippen LogP contribution in [0, 0.1) is 5.92 Å². The maximum Gasteiger partial charge on any atom is 0.325 e. The lowest BCUT2D eigenvalue weighted by Crippen LogP contribution is -2.54. The Hall–Kier alpha value is -2.57. The Bertz CT molecular complexity index is 805. The highest BCUT2D eigenvalue weighted by Gasteiger charge is 2.55. The lowest BCUT2D eigenvalue weighted by atomic mass is 9.73. The number of carbonyl (C=O) groups is 3. The molecule has 0 radical (unpaired) electrons. The third-order valence-corrected chi connectivity index (χ3v) is 6.61. The van der Waals surface area contributed by atoms with Crippen molar-refractivity contribution in [2.45, 2.75) is 63.6 Å². The van der Waals surface area contributed by atoms with Crippen LogP contribution in [0.15, 0.2) is 24.3 Å². The smallest absolute Gasteiger partial charge is 0.325 e. The number of nitrogens with zero attached hydrogens (tertiary/aromatic N) is 2. The predicted octanol–water partition coefficient (Wildman–Crippen LogP) is 2.69. The van der Waals surface area contributed by atoms with Crippen LogP contribution < -0.4 is 10.1 Å². The number of carbonyl (C=O) groups excluding carboxylic acids is 3. The minimum absolute atomic E-state index is 0.0895. The minimum atomic E-state index is -0.823. The highest BCUT2D eigenvalue weighted by molar-refractivity contribution is 6.09. The van der Waals surface area contributed by atoms with Crippen LogP contribution in [0.5, 0.6) is 5.75 Å². The molecule has 2 saturated carbocycles. The van der Waals surface area contributed by atoms with Crippen molar-refractivity contribution in [3.8, 4) is 5.75 Å². The quantitative estimate of drug-likeness (QED) is 0.746. The zero-order chi connectivity index (χ0) is 20.6. The molecule has 1 spiro atoms. The van der Waals surface area contributed by atoms with Crippen molar-refractivity contribution in [2.24, 2.45) is 5.92 Å². The van der Waals surface area contributed by atoms with Gasteiger partial charge in [-0.2, -0.15) is 0 Å². The lowest BCUT2D eigenvalue weighted by Gasteiger charge is -2.36. The van der Waals surface area contributed by atoms with Gasteiger partial charge in [-0.3, -0.25) is 14.5 Å². The molecule has 7 nitrogen and oxygen atoms in total. The van der Waals surface area contributed by atoms with Crippen LogP contribution in [-0.4, -0.2) is 52.9 Å². The van der Waals surface area contributed by atoms with Crippen LogP contribution in [-0.2, 0) is 16.1 Å². The molecule has 4 amide bonds. The molecule has 156 valence electrons. The summed E-state index contributed by atoms with van der Waals surface area (Å²) in [6, 6.07) is 7.37. The van der Waals surface area contributed by atoms with Crippen LogP contribution in [0.3, 0.4) is 0 Å². The van der Waals surface area contributed by atoms with E-state index in [9.17, 15) is 14.4 Å². The number of rotatable bonds is 6. The molecule has 29 heavy (non-hydrogen) atoms. The molecule has 1 aromatic rings. The van der Waals surface area contributed by atoms with Crippen molar-refractivity contribution in [2.75, 3.05) is 13.7 Å². The predicted molar refractivity (Wildman–Crippen MR) is 107 cm³/mol. The molecular weight excluding hydrogens is 370 g/mol. The third kappa shape index (κ3) is 3.70. The van der Waals surface area contributed by atoms with Crippen molar-refractivity contribution in [3.05, 3.63) is 29.8 Å². The summed E-state index contributed by atoms with van der Waals surface area (Å²) in [5, 5.41) is 2.92. The van der Waals surface area contributed by atoms with Crippen molar-refractivity contribution in [1.82, 2.24) is 15.1 Å². The van der Waals surface area contributed by atoms with Crippen LogP contribution in [0.2, 0.25) is 0 Å². The molecule has 3 aliphatic rings. The van der Waals surface area contributed by atoms with E-state index in [1.54, 1.807) is 12.0 Å². The van der Waals surface area contributed by atoms with Gasteiger partial charge in [-0.15, -0.1) is 0 Å². The van der Waals surface area contributed by atoms with Gasteiger partial charge in [-0.05, 0) is 49.3 Å². The van der Waals surface area contributed by atoms with Crippen molar-refractivity contribution >= 4 is 17.8 Å². The first kappa shape index (κ1) is 19.7. The summed E-state index contributed by atoms with van der Waals surface area (Å²) in [6.45, 7) is 2.30. The van der Waals surface area contributed by atoms with Gasteiger partial charge in [0.1, 0.15) is 17.8 Å². The van der Waals surface area contributed by atoms with Gasteiger partial charge in [0.05, 0.1) is 7.11 Å². The number of imide groups is 1. The van der Waals surface area contributed by atoms with Crippen LogP contribution in [0.4, 0.5) is 4.79 Å². The van der Waals surface area contributed by atoms with Crippen molar-refractivity contribution in [3.63, 3.8) is 0 Å². The topological polar surface area (TPSA) is 79.0 Å². The molecule has 4 rings (SSSR count). The first-order valence-corrected chi connectivity index (χ1v) is 10.5. The minimum Gasteiger partial charge on any atom is -0.497 e. The average molecular weight is 399 g/mol. The van der Waals surface area contributed by atoms with Gasteiger partial charge >= 0.3 is 6.03 Å². The van der Waals surface area contributed by atoms with E-state index in [0.717, 1.165) is 48.3 Å². The number of urea groups is 1. The first-order chi connectivity index (χ1) is 13.9. The molecule has 0 bridgehead atoms. The van der Waals surface area contributed by atoms with Crippen molar-refractivity contribution < 1.29 is 19.1 Å². The molecule has 2 aliphatic carbocycles.